The second kappa shape index (κ2) is 8.34. The summed E-state index contributed by atoms with van der Waals surface area (Å²) in [4.78, 5) is 24.9. The summed E-state index contributed by atoms with van der Waals surface area (Å²) in [7, 11) is 0. The minimum absolute atomic E-state index is 0.247. The number of hydrogen-bond donors (Lipinski definition) is 1. The van der Waals surface area contributed by atoms with Crippen molar-refractivity contribution in [1.29, 1.82) is 0 Å². The highest BCUT2D eigenvalue weighted by Crippen LogP contribution is 2.23. The fraction of sp³-hybridized carbons (Fsp3) is 0.579. The quantitative estimate of drug-likeness (QED) is 0.799. The molecule has 1 amide bonds. The molecule has 0 aromatic heterocycles. The van der Waals surface area contributed by atoms with Gasteiger partial charge in [-0.25, -0.2) is 9.59 Å². The van der Waals surface area contributed by atoms with Gasteiger partial charge in [-0.15, -0.1) is 0 Å². The zero-order valence-electron chi connectivity index (χ0n) is 15.1. The molecule has 0 spiro atoms. The van der Waals surface area contributed by atoms with Gasteiger partial charge in [-0.05, 0) is 39.2 Å². The molecule has 0 unspecified atom stereocenters. The van der Waals surface area contributed by atoms with Crippen molar-refractivity contribution in [2.75, 3.05) is 13.2 Å². The summed E-state index contributed by atoms with van der Waals surface area (Å²) < 4.78 is 11.1. The predicted molar refractivity (Wildman–Crippen MR) is 93.5 cm³/mol. The fourth-order valence-electron chi connectivity index (χ4n) is 2.85. The lowest BCUT2D eigenvalue weighted by atomic mass is 10.1. The minimum Gasteiger partial charge on any atom is -0.480 e. The summed E-state index contributed by atoms with van der Waals surface area (Å²) in [5, 5.41) is 9.36. The van der Waals surface area contributed by atoms with E-state index in [0.29, 0.717) is 13.0 Å². The number of nitrogens with zero attached hydrogens (tertiary/aromatic N) is 1. The Hall–Kier alpha value is -2.08. The first-order valence-electron chi connectivity index (χ1n) is 8.64. The van der Waals surface area contributed by atoms with Crippen molar-refractivity contribution in [2.45, 2.75) is 57.8 Å². The number of carboxylic acid groups (broad SMARTS) is 1. The van der Waals surface area contributed by atoms with Gasteiger partial charge in [-0.1, -0.05) is 30.3 Å². The van der Waals surface area contributed by atoms with E-state index in [4.69, 9.17) is 9.47 Å². The first kappa shape index (κ1) is 19.2. The number of hydrogen-bond acceptors (Lipinski definition) is 4. The topological polar surface area (TPSA) is 76.1 Å². The van der Waals surface area contributed by atoms with Gasteiger partial charge in [0.25, 0.3) is 0 Å². The van der Waals surface area contributed by atoms with E-state index in [2.05, 4.69) is 12.1 Å². The first-order valence-corrected chi connectivity index (χ1v) is 8.64. The third-order valence-corrected chi connectivity index (χ3v) is 3.98. The predicted octanol–water partition coefficient (Wildman–Crippen LogP) is 3.10. The summed E-state index contributed by atoms with van der Waals surface area (Å²) in [5.74, 6) is -1.03. The van der Waals surface area contributed by atoms with Gasteiger partial charge in [0.2, 0.25) is 0 Å². The molecule has 1 aromatic carbocycles. The number of benzene rings is 1. The van der Waals surface area contributed by atoms with Crippen LogP contribution in [-0.4, -0.2) is 53.0 Å². The number of ether oxygens (including phenoxy) is 2. The van der Waals surface area contributed by atoms with Crippen LogP contribution in [0.1, 0.15) is 39.2 Å². The van der Waals surface area contributed by atoms with Gasteiger partial charge in [0.1, 0.15) is 11.6 Å². The second-order valence-corrected chi connectivity index (χ2v) is 7.30. The molecule has 1 aliphatic heterocycles. The van der Waals surface area contributed by atoms with Gasteiger partial charge >= 0.3 is 12.1 Å². The van der Waals surface area contributed by atoms with Crippen LogP contribution in [0.5, 0.6) is 0 Å². The Morgan fingerprint density at radius 2 is 1.92 bits per heavy atom. The van der Waals surface area contributed by atoms with Crippen molar-refractivity contribution in [3.05, 3.63) is 35.9 Å². The highest BCUT2D eigenvalue weighted by molar-refractivity contribution is 5.81. The standard InChI is InChI=1S/C19H27NO5/c1-19(2,3)25-18(23)20-13-15(12-16(20)17(21)22)24-11-7-10-14-8-5-4-6-9-14/h4-6,8-9,15-16H,7,10-13H2,1-3H3,(H,21,22)/t15-,16+/m1/s1. The lowest BCUT2D eigenvalue weighted by molar-refractivity contribution is -0.142. The van der Waals surface area contributed by atoms with E-state index >= 15 is 0 Å². The Morgan fingerprint density at radius 3 is 2.52 bits per heavy atom. The molecule has 1 aromatic rings. The van der Waals surface area contributed by atoms with Gasteiger partial charge in [-0.2, -0.15) is 0 Å². The maximum atomic E-state index is 12.2. The average Bonchev–Trinajstić information content (AvgIpc) is 2.96. The lowest BCUT2D eigenvalue weighted by Gasteiger charge is -2.26. The van der Waals surface area contributed by atoms with Crippen LogP contribution in [0.2, 0.25) is 0 Å². The summed E-state index contributed by atoms with van der Waals surface area (Å²) in [6.45, 7) is 6.06. The average molecular weight is 349 g/mol. The van der Waals surface area contributed by atoms with Crippen LogP contribution in [0, 0.1) is 0 Å². The smallest absolute Gasteiger partial charge is 0.411 e. The van der Waals surface area contributed by atoms with Crippen LogP contribution in [0.3, 0.4) is 0 Å². The molecule has 1 fully saturated rings. The third kappa shape index (κ3) is 6.05. The summed E-state index contributed by atoms with van der Waals surface area (Å²) in [6, 6.07) is 9.23. The molecule has 1 aliphatic rings. The molecule has 2 rings (SSSR count). The number of amides is 1. The monoisotopic (exact) mass is 349 g/mol. The Labute approximate surface area is 148 Å². The van der Waals surface area contributed by atoms with Crippen LogP contribution >= 0.6 is 0 Å². The molecule has 1 heterocycles. The second-order valence-electron chi connectivity index (χ2n) is 7.30. The van der Waals surface area contributed by atoms with E-state index in [9.17, 15) is 14.7 Å². The van der Waals surface area contributed by atoms with Crippen molar-refractivity contribution < 1.29 is 24.2 Å². The zero-order chi connectivity index (χ0) is 18.4. The van der Waals surface area contributed by atoms with Gasteiger partial charge in [0.05, 0.1) is 12.6 Å². The molecular formula is C19H27NO5. The molecule has 1 saturated heterocycles. The van der Waals surface area contributed by atoms with Crippen LogP contribution in [0.25, 0.3) is 0 Å². The van der Waals surface area contributed by atoms with Gasteiger partial charge < -0.3 is 14.6 Å². The fourth-order valence-corrected chi connectivity index (χ4v) is 2.85. The third-order valence-electron chi connectivity index (χ3n) is 3.98. The molecule has 0 bridgehead atoms. The summed E-state index contributed by atoms with van der Waals surface area (Å²) >= 11 is 0. The van der Waals surface area contributed by atoms with Crippen molar-refractivity contribution >= 4 is 12.1 Å². The van der Waals surface area contributed by atoms with E-state index in [0.717, 1.165) is 12.8 Å². The van der Waals surface area contributed by atoms with Crippen molar-refractivity contribution in [3.8, 4) is 0 Å². The lowest BCUT2D eigenvalue weighted by Crippen LogP contribution is -2.43. The number of rotatable bonds is 6. The number of likely N-dealkylation sites (tertiary alicyclic amines) is 1. The minimum atomic E-state index is -1.03. The Kier molecular flexibility index (Phi) is 6.42. The molecule has 1 N–H and O–H groups in total. The van der Waals surface area contributed by atoms with Crippen molar-refractivity contribution in [1.82, 2.24) is 4.90 Å². The largest absolute Gasteiger partial charge is 0.480 e. The van der Waals surface area contributed by atoms with Crippen LogP contribution in [0.15, 0.2) is 30.3 Å². The number of carbonyl (C=O) groups is 2. The highest BCUT2D eigenvalue weighted by atomic mass is 16.6. The first-order chi connectivity index (χ1) is 11.8. The number of carbonyl (C=O) groups excluding carboxylic acids is 1. The van der Waals surface area contributed by atoms with E-state index < -0.39 is 23.7 Å². The van der Waals surface area contributed by atoms with Crippen LogP contribution in [-0.2, 0) is 20.7 Å². The zero-order valence-corrected chi connectivity index (χ0v) is 15.1. The summed E-state index contributed by atoms with van der Waals surface area (Å²) in [6.07, 6.45) is 1.18. The molecular weight excluding hydrogens is 322 g/mol. The molecule has 0 saturated carbocycles. The maximum Gasteiger partial charge on any atom is 0.411 e. The summed E-state index contributed by atoms with van der Waals surface area (Å²) in [5.41, 5.74) is 0.589. The number of carboxylic acids is 1. The molecule has 138 valence electrons. The molecule has 25 heavy (non-hydrogen) atoms. The Bertz CT molecular complexity index is 581. The molecule has 6 nitrogen and oxygen atoms in total. The number of aryl methyl sites for hydroxylation is 1. The number of aliphatic carboxylic acids is 1. The van der Waals surface area contributed by atoms with E-state index in [-0.39, 0.29) is 12.6 Å². The van der Waals surface area contributed by atoms with Crippen molar-refractivity contribution in [2.24, 2.45) is 0 Å². The molecule has 6 heteroatoms. The maximum absolute atomic E-state index is 12.2. The SMILES string of the molecule is CC(C)(C)OC(=O)N1C[C@H](OCCCc2ccccc2)C[C@H]1C(=O)O. The molecule has 0 aliphatic carbocycles. The van der Waals surface area contributed by atoms with Crippen molar-refractivity contribution in [3.63, 3.8) is 0 Å². The van der Waals surface area contributed by atoms with E-state index in [1.807, 2.05) is 18.2 Å². The van der Waals surface area contributed by atoms with Crippen LogP contribution in [0.4, 0.5) is 4.79 Å². The van der Waals surface area contributed by atoms with E-state index in [1.165, 1.54) is 10.5 Å². The highest BCUT2D eigenvalue weighted by Gasteiger charge is 2.42. The van der Waals surface area contributed by atoms with Gasteiger partial charge in [0.15, 0.2) is 0 Å². The van der Waals surface area contributed by atoms with Gasteiger partial charge in [-0.3, -0.25) is 4.90 Å². The Morgan fingerprint density at radius 1 is 1.24 bits per heavy atom. The van der Waals surface area contributed by atoms with E-state index in [1.54, 1.807) is 20.8 Å². The van der Waals surface area contributed by atoms with Crippen LogP contribution < -0.4 is 0 Å². The Balaban J connectivity index is 1.82. The van der Waals surface area contributed by atoms with Gasteiger partial charge in [0, 0.05) is 13.0 Å². The molecule has 0 radical (unpaired) electrons. The molecule has 2 atom stereocenters. The normalized spacial score (nSPS) is 20.5.